The fourth-order valence-electron chi connectivity index (χ4n) is 8.45. The molecule has 0 saturated heterocycles. The summed E-state index contributed by atoms with van der Waals surface area (Å²) >= 11 is 0. The lowest BCUT2D eigenvalue weighted by Gasteiger charge is -2.16. The third-order valence-electron chi connectivity index (χ3n) is 12.3. The van der Waals surface area contributed by atoms with Crippen LogP contribution < -0.4 is 0 Å². The average Bonchev–Trinajstić information content (AvgIpc) is 3.15. The molecule has 0 aromatic rings. The number of rotatable bonds is 48. The van der Waals surface area contributed by atoms with Crippen molar-refractivity contribution in [3.63, 3.8) is 0 Å². The van der Waals surface area contributed by atoms with Crippen molar-refractivity contribution in [3.8, 4) is 0 Å². The van der Waals surface area contributed by atoms with Crippen LogP contribution in [0.5, 0.6) is 0 Å². The molecule has 0 fully saturated rings. The molecule has 0 aliphatic carbocycles. The highest BCUT2D eigenvalue weighted by Crippen LogP contribution is 2.17. The molecule has 0 bridgehead atoms. The van der Waals surface area contributed by atoms with E-state index in [4.69, 9.17) is 0 Å². The summed E-state index contributed by atoms with van der Waals surface area (Å²) in [6.07, 6.45) is 67.8. The Balaban J connectivity index is 3.14. The van der Waals surface area contributed by atoms with E-state index >= 15 is 0 Å². The van der Waals surface area contributed by atoms with Gasteiger partial charge in [-0.3, -0.25) is 0 Å². The standard InChI is InChI=1S/C51H105N/c1-4-6-8-10-12-14-16-18-20-22-24-26-28-30-32-34-36-38-40-42-44-46-48-50-52(3)51-49-47-45-43-41-39-37-35-33-31-29-27-25-23-21-19-17-15-13-11-9-7-5-2/h4-51H2,1-3H3. The normalized spacial score (nSPS) is 11.8. The van der Waals surface area contributed by atoms with Crippen molar-refractivity contribution >= 4 is 0 Å². The molecule has 0 saturated carbocycles. The summed E-state index contributed by atoms with van der Waals surface area (Å²) in [4.78, 5) is 2.61. The van der Waals surface area contributed by atoms with Gasteiger partial charge in [0.25, 0.3) is 0 Å². The van der Waals surface area contributed by atoms with E-state index in [1.54, 1.807) is 0 Å². The van der Waals surface area contributed by atoms with Crippen LogP contribution in [-0.4, -0.2) is 25.0 Å². The largest absolute Gasteiger partial charge is 0.306 e. The lowest BCUT2D eigenvalue weighted by Crippen LogP contribution is -2.20. The minimum absolute atomic E-state index is 1.32. The Hall–Kier alpha value is -0.0400. The maximum absolute atomic E-state index is 2.61. The van der Waals surface area contributed by atoms with Gasteiger partial charge in [-0.2, -0.15) is 0 Å². The van der Waals surface area contributed by atoms with Gasteiger partial charge in [-0.1, -0.05) is 296 Å². The second-order valence-corrected chi connectivity index (χ2v) is 17.9. The molecule has 0 spiro atoms. The van der Waals surface area contributed by atoms with E-state index in [1.807, 2.05) is 0 Å². The van der Waals surface area contributed by atoms with Crippen molar-refractivity contribution in [1.82, 2.24) is 4.90 Å². The zero-order chi connectivity index (χ0) is 37.5. The van der Waals surface area contributed by atoms with Crippen LogP contribution in [0.3, 0.4) is 0 Å². The van der Waals surface area contributed by atoms with Crippen molar-refractivity contribution in [2.24, 2.45) is 0 Å². The van der Waals surface area contributed by atoms with Crippen LogP contribution >= 0.6 is 0 Å². The molecule has 0 amide bonds. The summed E-state index contributed by atoms with van der Waals surface area (Å²) in [5.41, 5.74) is 0. The van der Waals surface area contributed by atoms with Crippen LogP contribution in [0.15, 0.2) is 0 Å². The Bertz CT molecular complexity index is 536. The Kier molecular flexibility index (Phi) is 48.9. The third kappa shape index (κ3) is 48.0. The molecular formula is C51H105N. The number of nitrogens with zero attached hydrogens (tertiary/aromatic N) is 1. The van der Waals surface area contributed by atoms with Gasteiger partial charge in [-0.25, -0.2) is 0 Å². The predicted octanol–water partition coefficient (Wildman–Crippen LogP) is 18.9. The van der Waals surface area contributed by atoms with E-state index < -0.39 is 0 Å². The van der Waals surface area contributed by atoms with Gasteiger partial charge in [0, 0.05) is 0 Å². The monoisotopic (exact) mass is 732 g/mol. The van der Waals surface area contributed by atoms with Gasteiger partial charge >= 0.3 is 0 Å². The van der Waals surface area contributed by atoms with Crippen LogP contribution in [0.25, 0.3) is 0 Å². The molecule has 314 valence electrons. The Morgan fingerprint density at radius 3 is 0.423 bits per heavy atom. The summed E-state index contributed by atoms with van der Waals surface area (Å²) in [7, 11) is 2.36. The maximum Gasteiger partial charge on any atom is -0.00218 e. The van der Waals surface area contributed by atoms with E-state index in [1.165, 1.54) is 308 Å². The van der Waals surface area contributed by atoms with Crippen molar-refractivity contribution in [2.45, 2.75) is 309 Å². The van der Waals surface area contributed by atoms with Gasteiger partial charge in [0.15, 0.2) is 0 Å². The highest BCUT2D eigenvalue weighted by Gasteiger charge is 2.01. The minimum Gasteiger partial charge on any atom is -0.306 e. The zero-order valence-electron chi connectivity index (χ0n) is 37.4. The first kappa shape index (κ1) is 52.0. The molecular weight excluding hydrogens is 627 g/mol. The molecule has 52 heavy (non-hydrogen) atoms. The minimum atomic E-state index is 1.32. The Morgan fingerprint density at radius 1 is 0.173 bits per heavy atom. The molecule has 0 atom stereocenters. The zero-order valence-corrected chi connectivity index (χ0v) is 37.4. The molecule has 0 aromatic heterocycles. The van der Waals surface area contributed by atoms with Gasteiger partial charge < -0.3 is 4.90 Å². The van der Waals surface area contributed by atoms with E-state index in [0.717, 1.165) is 0 Å². The second kappa shape index (κ2) is 49.0. The van der Waals surface area contributed by atoms with Crippen LogP contribution in [0, 0.1) is 0 Å². The summed E-state index contributed by atoms with van der Waals surface area (Å²) in [5, 5.41) is 0. The quantitative estimate of drug-likeness (QED) is 0.0563. The van der Waals surface area contributed by atoms with Crippen molar-refractivity contribution in [3.05, 3.63) is 0 Å². The predicted molar refractivity (Wildman–Crippen MR) is 241 cm³/mol. The smallest absolute Gasteiger partial charge is 0.00218 e. The maximum atomic E-state index is 2.61. The SMILES string of the molecule is CCCCCCCCCCCCCCCCCCCCCCCCCN(C)CCCCCCCCCCCCCCCCCCCCCCCCC. The van der Waals surface area contributed by atoms with Crippen LogP contribution in [0.4, 0.5) is 0 Å². The van der Waals surface area contributed by atoms with Crippen LogP contribution in [-0.2, 0) is 0 Å². The first-order valence-electron chi connectivity index (χ1n) is 25.5. The molecule has 0 rings (SSSR count). The van der Waals surface area contributed by atoms with Crippen molar-refractivity contribution in [1.29, 1.82) is 0 Å². The van der Waals surface area contributed by atoms with Crippen molar-refractivity contribution in [2.75, 3.05) is 20.1 Å². The third-order valence-corrected chi connectivity index (χ3v) is 12.3. The summed E-state index contributed by atoms with van der Waals surface area (Å²) in [6, 6.07) is 0. The Labute approximate surface area is 333 Å². The van der Waals surface area contributed by atoms with Crippen LogP contribution in [0.1, 0.15) is 309 Å². The summed E-state index contributed by atoms with van der Waals surface area (Å²) in [5.74, 6) is 0. The first-order valence-corrected chi connectivity index (χ1v) is 25.5. The number of hydrogen-bond acceptors (Lipinski definition) is 1. The molecule has 0 aromatic carbocycles. The molecule has 0 unspecified atom stereocenters. The summed E-state index contributed by atoms with van der Waals surface area (Å²) < 4.78 is 0. The van der Waals surface area contributed by atoms with Crippen molar-refractivity contribution < 1.29 is 0 Å². The highest BCUT2D eigenvalue weighted by atomic mass is 15.1. The van der Waals surface area contributed by atoms with Gasteiger partial charge in [-0.15, -0.1) is 0 Å². The van der Waals surface area contributed by atoms with Gasteiger partial charge in [0.2, 0.25) is 0 Å². The number of hydrogen-bond donors (Lipinski definition) is 0. The van der Waals surface area contributed by atoms with Gasteiger partial charge in [0.1, 0.15) is 0 Å². The van der Waals surface area contributed by atoms with E-state index in [-0.39, 0.29) is 0 Å². The van der Waals surface area contributed by atoms with E-state index in [0.29, 0.717) is 0 Å². The second-order valence-electron chi connectivity index (χ2n) is 17.9. The van der Waals surface area contributed by atoms with E-state index in [2.05, 4.69) is 25.8 Å². The topological polar surface area (TPSA) is 3.24 Å². The lowest BCUT2D eigenvalue weighted by molar-refractivity contribution is 0.314. The Morgan fingerprint density at radius 2 is 0.288 bits per heavy atom. The molecule has 0 aliphatic rings. The molecule has 0 aliphatic heterocycles. The fraction of sp³-hybridized carbons (Fsp3) is 1.00. The molecule has 0 heterocycles. The first-order chi connectivity index (χ1) is 25.8. The lowest BCUT2D eigenvalue weighted by atomic mass is 10.0. The molecule has 1 heteroatoms. The fourth-order valence-corrected chi connectivity index (χ4v) is 8.45. The highest BCUT2D eigenvalue weighted by molar-refractivity contribution is 4.56. The van der Waals surface area contributed by atoms with Gasteiger partial charge in [-0.05, 0) is 33.0 Å². The van der Waals surface area contributed by atoms with Crippen LogP contribution in [0.2, 0.25) is 0 Å². The molecule has 0 radical (unpaired) electrons. The van der Waals surface area contributed by atoms with Gasteiger partial charge in [0.05, 0.1) is 0 Å². The molecule has 1 nitrogen and oxygen atoms in total. The summed E-state index contributed by atoms with van der Waals surface area (Å²) in [6.45, 7) is 7.26. The number of unbranched alkanes of at least 4 members (excludes halogenated alkanes) is 44. The average molecular weight is 732 g/mol. The van der Waals surface area contributed by atoms with E-state index in [9.17, 15) is 0 Å². The molecule has 0 N–H and O–H groups in total.